The second-order valence-electron chi connectivity index (χ2n) is 4.21. The third kappa shape index (κ3) is 1.44. The molecule has 0 saturated heterocycles. The average molecular weight is 154 g/mol. The van der Waals surface area contributed by atoms with Crippen LogP contribution in [0.2, 0.25) is 0 Å². The topological polar surface area (TPSA) is 20.2 Å². The normalized spacial score (nSPS) is 40.1. The number of hydrogen-bond acceptors (Lipinski definition) is 1. The number of hydrogen-bond donors (Lipinski definition) is 1. The predicted octanol–water partition coefficient (Wildman–Crippen LogP) is 2.34. The largest absolute Gasteiger partial charge is 0.393 e. The van der Waals surface area contributed by atoms with E-state index in [4.69, 9.17) is 0 Å². The van der Waals surface area contributed by atoms with Gasteiger partial charge in [0.1, 0.15) is 0 Å². The summed E-state index contributed by atoms with van der Waals surface area (Å²) in [6.45, 7) is 0. The van der Waals surface area contributed by atoms with Crippen molar-refractivity contribution in [1.29, 1.82) is 0 Å². The molecule has 0 aromatic carbocycles. The van der Waals surface area contributed by atoms with Crippen LogP contribution in [0.4, 0.5) is 0 Å². The molecule has 2 rings (SSSR count). The van der Waals surface area contributed by atoms with Crippen LogP contribution in [0.1, 0.15) is 44.9 Å². The summed E-state index contributed by atoms with van der Waals surface area (Å²) in [5.74, 6) is 1.57. The van der Waals surface area contributed by atoms with Crippen LogP contribution in [0.15, 0.2) is 0 Å². The first-order valence-electron chi connectivity index (χ1n) is 5.06. The molecule has 0 spiro atoms. The molecule has 0 bridgehead atoms. The lowest BCUT2D eigenvalue weighted by Gasteiger charge is -2.39. The number of rotatable bonds is 1. The van der Waals surface area contributed by atoms with Crippen LogP contribution in [0.3, 0.4) is 0 Å². The smallest absolute Gasteiger partial charge is 0.0571 e. The van der Waals surface area contributed by atoms with E-state index in [2.05, 4.69) is 0 Å². The van der Waals surface area contributed by atoms with Gasteiger partial charge < -0.3 is 5.11 Å². The van der Waals surface area contributed by atoms with Crippen LogP contribution in [-0.2, 0) is 0 Å². The Morgan fingerprint density at radius 2 is 1.55 bits per heavy atom. The molecule has 0 unspecified atom stereocenters. The molecule has 64 valence electrons. The van der Waals surface area contributed by atoms with Gasteiger partial charge in [-0.2, -0.15) is 0 Å². The van der Waals surface area contributed by atoms with E-state index in [1.807, 2.05) is 0 Å². The summed E-state index contributed by atoms with van der Waals surface area (Å²) >= 11 is 0. The summed E-state index contributed by atoms with van der Waals surface area (Å²) < 4.78 is 0. The predicted molar refractivity (Wildman–Crippen MR) is 45.3 cm³/mol. The van der Waals surface area contributed by atoms with E-state index in [1.54, 1.807) is 0 Å². The standard InChI is InChI=1S/C10H18O/c11-10-7-2-1-6-9(10)8-4-3-5-8/h8-11H,1-7H2/t9-,10+/m0/s1. The van der Waals surface area contributed by atoms with Crippen LogP contribution in [0.25, 0.3) is 0 Å². The average Bonchev–Trinajstić information content (AvgIpc) is 1.90. The van der Waals surface area contributed by atoms with Crippen LogP contribution >= 0.6 is 0 Å². The second kappa shape index (κ2) is 3.14. The summed E-state index contributed by atoms with van der Waals surface area (Å²) in [4.78, 5) is 0. The van der Waals surface area contributed by atoms with Gasteiger partial charge in [-0.05, 0) is 24.7 Å². The zero-order valence-electron chi connectivity index (χ0n) is 7.13. The summed E-state index contributed by atoms with van der Waals surface area (Å²) in [6.07, 6.45) is 9.22. The van der Waals surface area contributed by atoms with Crippen molar-refractivity contribution in [2.24, 2.45) is 11.8 Å². The molecule has 2 aliphatic carbocycles. The maximum Gasteiger partial charge on any atom is 0.0571 e. The monoisotopic (exact) mass is 154 g/mol. The Hall–Kier alpha value is -0.0400. The Bertz CT molecular complexity index is 127. The first-order chi connectivity index (χ1) is 5.38. The fraction of sp³-hybridized carbons (Fsp3) is 1.00. The van der Waals surface area contributed by atoms with Crippen molar-refractivity contribution < 1.29 is 5.11 Å². The molecule has 0 radical (unpaired) electrons. The van der Waals surface area contributed by atoms with E-state index in [0.29, 0.717) is 5.92 Å². The SMILES string of the molecule is O[C@@H]1CCCC[C@H]1C1CCC1. The lowest BCUT2D eigenvalue weighted by atomic mass is 9.69. The molecule has 11 heavy (non-hydrogen) atoms. The van der Waals surface area contributed by atoms with Crippen LogP contribution < -0.4 is 0 Å². The highest BCUT2D eigenvalue weighted by Crippen LogP contribution is 2.40. The van der Waals surface area contributed by atoms with Gasteiger partial charge in [0.25, 0.3) is 0 Å². The van der Waals surface area contributed by atoms with Gasteiger partial charge in [0, 0.05) is 0 Å². The van der Waals surface area contributed by atoms with Crippen molar-refractivity contribution in [3.63, 3.8) is 0 Å². The van der Waals surface area contributed by atoms with E-state index in [1.165, 1.54) is 38.5 Å². The Balaban J connectivity index is 1.88. The van der Waals surface area contributed by atoms with Crippen molar-refractivity contribution in [3.8, 4) is 0 Å². The summed E-state index contributed by atoms with van der Waals surface area (Å²) in [7, 11) is 0. The molecule has 0 amide bonds. The Morgan fingerprint density at radius 3 is 2.09 bits per heavy atom. The van der Waals surface area contributed by atoms with Gasteiger partial charge in [-0.1, -0.05) is 32.1 Å². The van der Waals surface area contributed by atoms with Gasteiger partial charge in [-0.15, -0.1) is 0 Å². The van der Waals surface area contributed by atoms with Gasteiger partial charge in [0.05, 0.1) is 6.10 Å². The molecule has 2 aliphatic rings. The quantitative estimate of drug-likeness (QED) is 0.614. The zero-order valence-corrected chi connectivity index (χ0v) is 7.13. The van der Waals surface area contributed by atoms with E-state index >= 15 is 0 Å². The maximum absolute atomic E-state index is 9.70. The minimum atomic E-state index is 0.0500. The fourth-order valence-corrected chi connectivity index (χ4v) is 2.56. The molecule has 2 saturated carbocycles. The third-order valence-electron chi connectivity index (χ3n) is 3.54. The van der Waals surface area contributed by atoms with Crippen LogP contribution in [-0.4, -0.2) is 11.2 Å². The molecule has 2 atom stereocenters. The molecule has 0 heterocycles. The summed E-state index contributed by atoms with van der Waals surface area (Å²) in [5, 5.41) is 9.70. The molecule has 1 heteroatoms. The van der Waals surface area contributed by atoms with Crippen LogP contribution in [0, 0.1) is 11.8 Å². The third-order valence-corrected chi connectivity index (χ3v) is 3.54. The molecule has 0 aliphatic heterocycles. The van der Waals surface area contributed by atoms with Crippen LogP contribution in [0.5, 0.6) is 0 Å². The highest BCUT2D eigenvalue weighted by molar-refractivity contribution is 4.84. The minimum absolute atomic E-state index is 0.0500. The minimum Gasteiger partial charge on any atom is -0.393 e. The van der Waals surface area contributed by atoms with Crippen molar-refractivity contribution >= 4 is 0 Å². The Kier molecular flexibility index (Phi) is 2.17. The van der Waals surface area contributed by atoms with Gasteiger partial charge in [-0.25, -0.2) is 0 Å². The zero-order chi connectivity index (χ0) is 7.68. The molecule has 0 aromatic rings. The highest BCUT2D eigenvalue weighted by Gasteiger charge is 2.33. The molecule has 1 N–H and O–H groups in total. The van der Waals surface area contributed by atoms with E-state index < -0.39 is 0 Å². The van der Waals surface area contributed by atoms with Crippen molar-refractivity contribution in [2.45, 2.75) is 51.0 Å². The summed E-state index contributed by atoms with van der Waals surface area (Å²) in [5.41, 5.74) is 0. The fourth-order valence-electron chi connectivity index (χ4n) is 2.56. The molecule has 0 aromatic heterocycles. The maximum atomic E-state index is 9.70. The van der Waals surface area contributed by atoms with Crippen molar-refractivity contribution in [1.82, 2.24) is 0 Å². The first-order valence-corrected chi connectivity index (χ1v) is 5.06. The van der Waals surface area contributed by atoms with Crippen molar-refractivity contribution in [3.05, 3.63) is 0 Å². The lowest BCUT2D eigenvalue weighted by molar-refractivity contribution is 0.0127. The van der Waals surface area contributed by atoms with Gasteiger partial charge >= 0.3 is 0 Å². The highest BCUT2D eigenvalue weighted by atomic mass is 16.3. The summed E-state index contributed by atoms with van der Waals surface area (Å²) in [6, 6.07) is 0. The molecule has 2 fully saturated rings. The van der Waals surface area contributed by atoms with E-state index in [-0.39, 0.29) is 6.10 Å². The Labute approximate surface area is 68.8 Å². The van der Waals surface area contributed by atoms with Gasteiger partial charge in [-0.3, -0.25) is 0 Å². The van der Waals surface area contributed by atoms with Gasteiger partial charge in [0.2, 0.25) is 0 Å². The van der Waals surface area contributed by atoms with Crippen molar-refractivity contribution in [2.75, 3.05) is 0 Å². The lowest BCUT2D eigenvalue weighted by Crippen LogP contribution is -2.34. The number of aliphatic hydroxyl groups excluding tert-OH is 1. The van der Waals surface area contributed by atoms with E-state index in [0.717, 1.165) is 12.3 Å². The first kappa shape index (κ1) is 7.60. The molecular formula is C10H18O. The molecular weight excluding hydrogens is 136 g/mol. The molecule has 1 nitrogen and oxygen atoms in total. The second-order valence-corrected chi connectivity index (χ2v) is 4.21. The Morgan fingerprint density at radius 1 is 0.818 bits per heavy atom. The van der Waals surface area contributed by atoms with E-state index in [9.17, 15) is 5.11 Å². The van der Waals surface area contributed by atoms with Gasteiger partial charge in [0.15, 0.2) is 0 Å². The number of aliphatic hydroxyl groups is 1.